The molecule has 8 heteroatoms. The van der Waals surface area contributed by atoms with Gasteiger partial charge in [-0.05, 0) is 64.0 Å². The molecule has 1 amide bonds. The molecule has 5 rings (SSSR count). The molecule has 0 spiro atoms. The molecule has 8 nitrogen and oxygen atoms in total. The number of carbonyl (C=O) groups is 1. The number of amides is 1. The van der Waals surface area contributed by atoms with E-state index in [1.165, 1.54) is 25.7 Å². The number of aryl methyl sites for hydroxylation is 1. The lowest BCUT2D eigenvalue weighted by molar-refractivity contribution is 0.0719. The van der Waals surface area contributed by atoms with Crippen molar-refractivity contribution in [2.24, 2.45) is 5.92 Å². The van der Waals surface area contributed by atoms with Crippen LogP contribution >= 0.6 is 0 Å². The Morgan fingerprint density at radius 1 is 1.19 bits per heavy atom. The molecule has 0 aromatic carbocycles. The number of likely N-dealkylation sites (tertiary alicyclic amines) is 1. The first-order chi connectivity index (χ1) is 15.5. The minimum absolute atomic E-state index is 0.0769. The zero-order valence-corrected chi connectivity index (χ0v) is 19.2. The fraction of sp³-hybridized carbons (Fsp3) is 0.667. The fourth-order valence-electron chi connectivity index (χ4n) is 5.80. The summed E-state index contributed by atoms with van der Waals surface area (Å²) in [7, 11) is 0. The molecule has 32 heavy (non-hydrogen) atoms. The van der Waals surface area contributed by atoms with Crippen molar-refractivity contribution in [3.63, 3.8) is 0 Å². The second-order valence-electron chi connectivity index (χ2n) is 9.69. The Bertz CT molecular complexity index is 1040. The number of rotatable bonds is 4. The lowest BCUT2D eigenvalue weighted by atomic mass is 9.86. The van der Waals surface area contributed by atoms with Gasteiger partial charge in [0.05, 0.1) is 23.8 Å². The first kappa shape index (κ1) is 21.4. The number of aromatic amines is 1. The molecule has 2 fully saturated rings. The molecule has 172 valence electrons. The minimum atomic E-state index is -0.0874. The molecule has 1 N–H and O–H groups in total. The maximum atomic E-state index is 13.1. The average molecular weight is 439 g/mol. The van der Waals surface area contributed by atoms with E-state index in [-0.39, 0.29) is 17.5 Å². The molecule has 3 aliphatic rings. The van der Waals surface area contributed by atoms with E-state index in [1.807, 2.05) is 6.92 Å². The van der Waals surface area contributed by atoms with Gasteiger partial charge in [0.25, 0.3) is 11.5 Å². The fourth-order valence-corrected chi connectivity index (χ4v) is 5.80. The summed E-state index contributed by atoms with van der Waals surface area (Å²) in [6.07, 6.45) is 9.56. The Morgan fingerprint density at radius 3 is 2.78 bits per heavy atom. The number of hydrogen-bond donors (Lipinski definition) is 1. The zero-order chi connectivity index (χ0) is 22.2. The van der Waals surface area contributed by atoms with Gasteiger partial charge in [0.1, 0.15) is 11.5 Å². The van der Waals surface area contributed by atoms with Gasteiger partial charge in [0, 0.05) is 31.7 Å². The van der Waals surface area contributed by atoms with Gasteiger partial charge < -0.3 is 9.88 Å². The summed E-state index contributed by atoms with van der Waals surface area (Å²) < 4.78 is 1.70. The molecule has 1 saturated carbocycles. The molecular formula is C24H34N6O2. The zero-order valence-electron chi connectivity index (χ0n) is 19.2. The number of nitrogens with zero attached hydrogens (tertiary/aromatic N) is 5. The number of aromatic nitrogens is 4. The van der Waals surface area contributed by atoms with E-state index in [2.05, 4.69) is 21.9 Å². The van der Waals surface area contributed by atoms with Gasteiger partial charge in [-0.2, -0.15) is 5.10 Å². The molecule has 0 bridgehead atoms. The number of carbonyl (C=O) groups excluding carboxylic acids is 1. The van der Waals surface area contributed by atoms with Gasteiger partial charge in [0.2, 0.25) is 0 Å². The Hall–Kier alpha value is -2.48. The molecule has 4 heterocycles. The Morgan fingerprint density at radius 2 is 2.00 bits per heavy atom. The van der Waals surface area contributed by atoms with E-state index < -0.39 is 0 Å². The van der Waals surface area contributed by atoms with Gasteiger partial charge in [-0.25, -0.2) is 4.98 Å². The normalized spacial score (nSPS) is 26.3. The largest absolute Gasteiger partial charge is 0.332 e. The molecule has 1 atom stereocenters. The highest BCUT2D eigenvalue weighted by molar-refractivity contribution is 5.92. The van der Waals surface area contributed by atoms with Crippen molar-refractivity contribution < 1.29 is 4.79 Å². The monoisotopic (exact) mass is 438 g/mol. The van der Waals surface area contributed by atoms with Crippen LogP contribution in [0.2, 0.25) is 0 Å². The van der Waals surface area contributed by atoms with Gasteiger partial charge in [-0.1, -0.05) is 6.92 Å². The summed E-state index contributed by atoms with van der Waals surface area (Å²) in [5.41, 5.74) is 1.98. The Balaban J connectivity index is 1.35. The number of fused-ring (bicyclic) bond motifs is 1. The topological polar surface area (TPSA) is 87.1 Å². The van der Waals surface area contributed by atoms with E-state index in [9.17, 15) is 9.59 Å². The van der Waals surface area contributed by atoms with Crippen molar-refractivity contribution in [1.29, 1.82) is 0 Å². The van der Waals surface area contributed by atoms with E-state index in [1.54, 1.807) is 21.8 Å². The molecule has 1 saturated heterocycles. The van der Waals surface area contributed by atoms with Crippen LogP contribution in [0.3, 0.4) is 0 Å². The van der Waals surface area contributed by atoms with E-state index in [0.717, 1.165) is 36.8 Å². The van der Waals surface area contributed by atoms with Gasteiger partial charge in [-0.15, -0.1) is 0 Å². The molecule has 2 aliphatic heterocycles. The molecule has 0 unspecified atom stereocenters. The molecule has 1 aliphatic carbocycles. The van der Waals surface area contributed by atoms with Crippen LogP contribution in [0.15, 0.2) is 17.1 Å². The van der Waals surface area contributed by atoms with Gasteiger partial charge in [-0.3, -0.25) is 19.2 Å². The van der Waals surface area contributed by atoms with Gasteiger partial charge in [0.15, 0.2) is 0 Å². The van der Waals surface area contributed by atoms with Crippen LogP contribution in [0.5, 0.6) is 0 Å². The van der Waals surface area contributed by atoms with Gasteiger partial charge >= 0.3 is 0 Å². The van der Waals surface area contributed by atoms with Crippen molar-refractivity contribution in [2.45, 2.75) is 84.0 Å². The predicted molar refractivity (Wildman–Crippen MR) is 121 cm³/mol. The van der Waals surface area contributed by atoms with E-state index in [4.69, 9.17) is 4.98 Å². The van der Waals surface area contributed by atoms with Crippen LogP contribution < -0.4 is 5.56 Å². The molecule has 0 radical (unpaired) electrons. The van der Waals surface area contributed by atoms with E-state index in [0.29, 0.717) is 43.4 Å². The van der Waals surface area contributed by atoms with Crippen LogP contribution in [0.4, 0.5) is 0 Å². The number of H-pyrrole nitrogens is 1. The molecule has 2 aromatic heterocycles. The third-order valence-electron chi connectivity index (χ3n) is 7.67. The van der Waals surface area contributed by atoms with Crippen molar-refractivity contribution in [3.05, 3.63) is 45.4 Å². The number of hydrogen-bond acceptors (Lipinski definition) is 5. The van der Waals surface area contributed by atoms with Crippen LogP contribution in [-0.4, -0.2) is 54.6 Å². The highest BCUT2D eigenvalue weighted by Crippen LogP contribution is 2.37. The molecular weight excluding hydrogens is 404 g/mol. The highest BCUT2D eigenvalue weighted by Gasteiger charge is 2.36. The summed E-state index contributed by atoms with van der Waals surface area (Å²) in [5.74, 6) is 1.58. The van der Waals surface area contributed by atoms with E-state index >= 15 is 0 Å². The Labute approximate surface area is 189 Å². The smallest absolute Gasteiger partial charge is 0.272 e. The third kappa shape index (κ3) is 3.89. The second-order valence-corrected chi connectivity index (χ2v) is 9.69. The lowest BCUT2D eigenvalue weighted by Crippen LogP contribution is -2.42. The standard InChI is InChI=1S/C24H34N6O2/c1-3-30-21(10-12-25-30)24(32)28-14-11-19-18(15-28)23(31)27-22(26-19)20-5-4-13-29(20)17-8-6-16(2)7-9-17/h10,12,16-17,20H,3-9,11,13-15H2,1-2H3,(H,26,27,31)/t16?,17?,20-/m1/s1. The maximum absolute atomic E-state index is 13.1. The summed E-state index contributed by atoms with van der Waals surface area (Å²) in [6.45, 7) is 6.93. The quantitative estimate of drug-likeness (QED) is 0.793. The summed E-state index contributed by atoms with van der Waals surface area (Å²) in [5, 5.41) is 4.20. The van der Waals surface area contributed by atoms with Crippen molar-refractivity contribution >= 4 is 5.91 Å². The Kier molecular flexibility index (Phi) is 5.88. The van der Waals surface area contributed by atoms with Crippen LogP contribution in [0.1, 0.15) is 86.0 Å². The summed E-state index contributed by atoms with van der Waals surface area (Å²) in [4.78, 5) is 38.5. The van der Waals surface area contributed by atoms with Crippen molar-refractivity contribution in [1.82, 2.24) is 29.5 Å². The second kappa shape index (κ2) is 8.81. The summed E-state index contributed by atoms with van der Waals surface area (Å²) in [6, 6.07) is 2.56. The van der Waals surface area contributed by atoms with Crippen LogP contribution in [0.25, 0.3) is 0 Å². The average Bonchev–Trinajstić information content (AvgIpc) is 3.48. The highest BCUT2D eigenvalue weighted by atomic mass is 16.2. The maximum Gasteiger partial charge on any atom is 0.272 e. The van der Waals surface area contributed by atoms with Crippen LogP contribution in [0, 0.1) is 5.92 Å². The van der Waals surface area contributed by atoms with Crippen molar-refractivity contribution in [3.8, 4) is 0 Å². The first-order valence-electron chi connectivity index (χ1n) is 12.2. The van der Waals surface area contributed by atoms with Crippen LogP contribution in [-0.2, 0) is 19.5 Å². The SMILES string of the molecule is CCn1nccc1C(=O)N1CCc2nc([C@H]3CCCN3C3CCC(C)CC3)[nH]c(=O)c2C1. The molecule has 2 aromatic rings. The first-order valence-corrected chi connectivity index (χ1v) is 12.2. The minimum Gasteiger partial charge on any atom is -0.332 e. The predicted octanol–water partition coefficient (Wildman–Crippen LogP) is 2.90. The third-order valence-corrected chi connectivity index (χ3v) is 7.67. The van der Waals surface area contributed by atoms with Crippen molar-refractivity contribution in [2.75, 3.05) is 13.1 Å². The lowest BCUT2D eigenvalue weighted by Gasteiger charge is -2.37. The summed E-state index contributed by atoms with van der Waals surface area (Å²) >= 11 is 0. The number of nitrogens with one attached hydrogen (secondary N) is 1.